The Morgan fingerprint density at radius 2 is 2.10 bits per heavy atom. The van der Waals surface area contributed by atoms with Crippen LogP contribution < -0.4 is 10.6 Å². The van der Waals surface area contributed by atoms with E-state index < -0.39 is 0 Å². The number of nitrogens with one attached hydrogen (secondary N) is 2. The number of ketones is 1. The largest absolute Gasteiger partial charge is 0.396 e. The summed E-state index contributed by atoms with van der Waals surface area (Å²) in [5, 5.41) is 14.4. The number of carbonyl (C=O) groups is 2. The smallest absolute Gasteiger partial charge is 0.319 e. The minimum atomic E-state index is -0.304. The average Bonchev–Trinajstić information content (AvgIpc) is 2.43. The number of amides is 2. The molecule has 0 aliphatic carbocycles. The molecule has 1 aromatic carbocycles. The van der Waals surface area contributed by atoms with Gasteiger partial charge >= 0.3 is 6.03 Å². The molecule has 1 aromatic rings. The summed E-state index contributed by atoms with van der Waals surface area (Å²) in [4.78, 5) is 23.0. The van der Waals surface area contributed by atoms with E-state index >= 15 is 0 Å². The van der Waals surface area contributed by atoms with Gasteiger partial charge in [0.05, 0.1) is 0 Å². The highest BCUT2D eigenvalue weighted by Gasteiger charge is 2.08. The molecule has 1 rings (SSSR count). The zero-order valence-electron chi connectivity index (χ0n) is 12.0. The molecule has 0 fully saturated rings. The predicted octanol–water partition coefficient (Wildman–Crippen LogP) is 2.42. The number of carbonyl (C=O) groups excluding carboxylic acids is 2. The molecule has 1 unspecified atom stereocenters. The molecular weight excluding hydrogens is 256 g/mol. The van der Waals surface area contributed by atoms with Crippen molar-refractivity contribution in [1.29, 1.82) is 0 Å². The van der Waals surface area contributed by atoms with Crippen LogP contribution in [0.2, 0.25) is 0 Å². The fourth-order valence-electron chi connectivity index (χ4n) is 1.86. The molecule has 5 heteroatoms. The molecule has 0 heterocycles. The summed E-state index contributed by atoms with van der Waals surface area (Å²) in [6.45, 7) is 4.16. The van der Waals surface area contributed by atoms with Gasteiger partial charge in [-0.2, -0.15) is 0 Å². The van der Waals surface area contributed by atoms with Crippen molar-refractivity contribution in [2.75, 3.05) is 18.5 Å². The number of Topliss-reactive ketones (excluding diaryl/α,β-unsaturated/α-hetero) is 1. The quantitative estimate of drug-likeness (QED) is 0.670. The molecule has 0 spiro atoms. The maximum absolute atomic E-state index is 11.7. The fourth-order valence-corrected chi connectivity index (χ4v) is 1.86. The number of hydrogen-bond acceptors (Lipinski definition) is 3. The zero-order valence-corrected chi connectivity index (χ0v) is 12.0. The third kappa shape index (κ3) is 5.40. The van der Waals surface area contributed by atoms with Crippen molar-refractivity contribution in [2.45, 2.75) is 26.7 Å². The van der Waals surface area contributed by atoms with Gasteiger partial charge in [0.15, 0.2) is 5.78 Å². The van der Waals surface area contributed by atoms with Crippen molar-refractivity contribution in [3.8, 4) is 0 Å². The van der Waals surface area contributed by atoms with Crippen molar-refractivity contribution < 1.29 is 14.7 Å². The van der Waals surface area contributed by atoms with Gasteiger partial charge in [0.2, 0.25) is 0 Å². The second kappa shape index (κ2) is 8.32. The molecule has 0 radical (unpaired) electrons. The molecular formula is C15H22N2O3. The van der Waals surface area contributed by atoms with Crippen LogP contribution in [0.3, 0.4) is 0 Å². The Hall–Kier alpha value is -1.88. The second-order valence-corrected chi connectivity index (χ2v) is 4.76. The lowest BCUT2D eigenvalue weighted by molar-refractivity contribution is 0.101. The van der Waals surface area contributed by atoms with Crippen LogP contribution in [0.15, 0.2) is 24.3 Å². The number of aliphatic hydroxyl groups excluding tert-OH is 1. The Bertz CT molecular complexity index is 460. The van der Waals surface area contributed by atoms with Gasteiger partial charge in [-0.15, -0.1) is 0 Å². The lowest BCUT2D eigenvalue weighted by Crippen LogP contribution is -2.33. The Morgan fingerprint density at radius 1 is 1.35 bits per heavy atom. The van der Waals surface area contributed by atoms with Crippen LogP contribution in [0.1, 0.15) is 37.0 Å². The molecule has 0 aliphatic heterocycles. The van der Waals surface area contributed by atoms with Gasteiger partial charge in [0.25, 0.3) is 0 Å². The molecule has 0 saturated carbocycles. The second-order valence-electron chi connectivity index (χ2n) is 4.76. The van der Waals surface area contributed by atoms with Crippen molar-refractivity contribution >= 4 is 17.5 Å². The first kappa shape index (κ1) is 16.2. The lowest BCUT2D eigenvalue weighted by Gasteiger charge is -2.15. The van der Waals surface area contributed by atoms with Gasteiger partial charge in [-0.25, -0.2) is 4.79 Å². The van der Waals surface area contributed by atoms with E-state index in [4.69, 9.17) is 5.11 Å². The van der Waals surface area contributed by atoms with Gasteiger partial charge in [-0.1, -0.05) is 25.5 Å². The minimum absolute atomic E-state index is 0.0388. The normalized spacial score (nSPS) is 11.8. The number of anilines is 1. The van der Waals surface area contributed by atoms with Crippen molar-refractivity contribution in [2.24, 2.45) is 5.92 Å². The summed E-state index contributed by atoms with van der Waals surface area (Å²) < 4.78 is 0. The lowest BCUT2D eigenvalue weighted by atomic mass is 10.0. The summed E-state index contributed by atoms with van der Waals surface area (Å²) in [6, 6.07) is 6.51. The molecule has 0 bridgehead atoms. The Kier molecular flexibility index (Phi) is 6.73. The highest BCUT2D eigenvalue weighted by Crippen LogP contribution is 2.11. The fraction of sp³-hybridized carbons (Fsp3) is 0.467. The van der Waals surface area contributed by atoms with E-state index in [0.717, 1.165) is 6.42 Å². The van der Waals surface area contributed by atoms with E-state index in [1.54, 1.807) is 24.3 Å². The summed E-state index contributed by atoms with van der Waals surface area (Å²) in [7, 11) is 0. The average molecular weight is 278 g/mol. The minimum Gasteiger partial charge on any atom is -0.396 e. The Morgan fingerprint density at radius 3 is 2.70 bits per heavy atom. The van der Waals surface area contributed by atoms with E-state index in [2.05, 4.69) is 10.6 Å². The molecule has 5 nitrogen and oxygen atoms in total. The Labute approximate surface area is 119 Å². The van der Waals surface area contributed by atoms with Crippen LogP contribution in [0.4, 0.5) is 10.5 Å². The van der Waals surface area contributed by atoms with E-state index in [-0.39, 0.29) is 24.3 Å². The molecule has 110 valence electrons. The number of rotatable bonds is 7. The van der Waals surface area contributed by atoms with Gasteiger partial charge in [0.1, 0.15) is 0 Å². The van der Waals surface area contributed by atoms with Crippen molar-refractivity contribution in [3.63, 3.8) is 0 Å². The molecule has 3 N–H and O–H groups in total. The Balaban J connectivity index is 2.49. The first-order valence-corrected chi connectivity index (χ1v) is 6.83. The molecule has 0 saturated heterocycles. The number of benzene rings is 1. The van der Waals surface area contributed by atoms with E-state index in [0.29, 0.717) is 24.2 Å². The van der Waals surface area contributed by atoms with E-state index in [9.17, 15) is 9.59 Å². The zero-order chi connectivity index (χ0) is 15.0. The van der Waals surface area contributed by atoms with Crippen LogP contribution in [0.25, 0.3) is 0 Å². The van der Waals surface area contributed by atoms with Gasteiger partial charge < -0.3 is 15.7 Å². The summed E-state index contributed by atoms with van der Waals surface area (Å²) in [5.74, 6) is 0.234. The van der Waals surface area contributed by atoms with Crippen LogP contribution in [-0.4, -0.2) is 30.1 Å². The standard InChI is InChI=1S/C15H22N2O3/c1-3-12(7-8-18)10-16-15(20)17-14-6-4-5-13(9-14)11(2)19/h4-6,9,12,18H,3,7-8,10H2,1-2H3,(H2,16,17,20). The topological polar surface area (TPSA) is 78.4 Å². The first-order valence-electron chi connectivity index (χ1n) is 6.83. The highest BCUT2D eigenvalue weighted by atomic mass is 16.3. The molecule has 0 aliphatic rings. The summed E-state index contributed by atoms with van der Waals surface area (Å²) in [6.07, 6.45) is 1.58. The van der Waals surface area contributed by atoms with Crippen LogP contribution in [0.5, 0.6) is 0 Å². The van der Waals surface area contributed by atoms with Gasteiger partial charge in [-0.05, 0) is 31.4 Å². The molecule has 1 atom stereocenters. The van der Waals surface area contributed by atoms with Crippen molar-refractivity contribution in [3.05, 3.63) is 29.8 Å². The highest BCUT2D eigenvalue weighted by molar-refractivity contribution is 5.96. The number of hydrogen-bond donors (Lipinski definition) is 3. The third-order valence-electron chi connectivity index (χ3n) is 3.19. The SMILES string of the molecule is CCC(CCO)CNC(=O)Nc1cccc(C(C)=O)c1. The first-order chi connectivity index (χ1) is 9.56. The number of urea groups is 1. The van der Waals surface area contributed by atoms with Gasteiger partial charge in [-0.3, -0.25) is 4.79 Å². The number of aliphatic hydroxyl groups is 1. The molecule has 0 aromatic heterocycles. The maximum atomic E-state index is 11.7. The maximum Gasteiger partial charge on any atom is 0.319 e. The third-order valence-corrected chi connectivity index (χ3v) is 3.19. The van der Waals surface area contributed by atoms with Gasteiger partial charge in [0, 0.05) is 24.4 Å². The van der Waals surface area contributed by atoms with Crippen molar-refractivity contribution in [1.82, 2.24) is 5.32 Å². The van der Waals surface area contributed by atoms with Crippen LogP contribution >= 0.6 is 0 Å². The van der Waals surface area contributed by atoms with E-state index in [1.165, 1.54) is 6.92 Å². The molecule has 20 heavy (non-hydrogen) atoms. The summed E-state index contributed by atoms with van der Waals surface area (Å²) in [5.41, 5.74) is 1.15. The molecule has 2 amide bonds. The predicted molar refractivity (Wildman–Crippen MR) is 79.0 cm³/mol. The van der Waals surface area contributed by atoms with Crippen LogP contribution in [0, 0.1) is 5.92 Å². The monoisotopic (exact) mass is 278 g/mol. The van der Waals surface area contributed by atoms with E-state index in [1.807, 2.05) is 6.92 Å². The van der Waals surface area contributed by atoms with Crippen LogP contribution in [-0.2, 0) is 0 Å². The summed E-state index contributed by atoms with van der Waals surface area (Å²) >= 11 is 0.